The lowest BCUT2D eigenvalue weighted by Crippen LogP contribution is -2.45. The van der Waals surface area contributed by atoms with Gasteiger partial charge in [0.15, 0.2) is 0 Å². The Bertz CT molecular complexity index is 791. The summed E-state index contributed by atoms with van der Waals surface area (Å²) in [4.78, 5) is 5.36. The molecule has 4 heteroatoms. The van der Waals surface area contributed by atoms with Crippen LogP contribution in [0.3, 0.4) is 0 Å². The van der Waals surface area contributed by atoms with Gasteiger partial charge in [-0.2, -0.15) is 0 Å². The number of hydrogen-bond donors (Lipinski definition) is 0. The average Bonchev–Trinajstić information content (AvgIpc) is 3.26. The fourth-order valence-corrected chi connectivity index (χ4v) is 5.85. The summed E-state index contributed by atoms with van der Waals surface area (Å²) in [5.41, 5.74) is 2.96. The Morgan fingerprint density at radius 1 is 1.08 bits per heavy atom. The van der Waals surface area contributed by atoms with Crippen LogP contribution in [0.2, 0.25) is 5.02 Å². The Morgan fingerprint density at radius 2 is 1.85 bits per heavy atom. The van der Waals surface area contributed by atoms with Crippen molar-refractivity contribution in [2.24, 2.45) is 5.92 Å². The third kappa shape index (κ3) is 2.69. The van der Waals surface area contributed by atoms with E-state index in [4.69, 9.17) is 11.6 Å². The molecule has 0 aliphatic carbocycles. The van der Waals surface area contributed by atoms with Crippen molar-refractivity contribution in [3.63, 3.8) is 0 Å². The molecule has 1 spiro atoms. The highest BCUT2D eigenvalue weighted by atomic mass is 35.5. The Labute approximate surface area is 159 Å². The predicted octanol–water partition coefficient (Wildman–Crippen LogP) is 4.89. The Hall–Kier alpha value is -1.42. The minimum Gasteiger partial charge on any atom is -0.297 e. The SMILES string of the molecule is Fc1ccc(CN2C[C@H]3C[C@H](c4ccc(Cl)cc4)N4CCC[C@@]34C2)cc1. The predicted molar refractivity (Wildman–Crippen MR) is 103 cm³/mol. The number of nitrogens with zero attached hydrogens (tertiary/aromatic N) is 2. The van der Waals surface area contributed by atoms with Crippen LogP contribution < -0.4 is 0 Å². The zero-order valence-corrected chi connectivity index (χ0v) is 15.6. The van der Waals surface area contributed by atoms with Gasteiger partial charge in [-0.1, -0.05) is 35.9 Å². The van der Waals surface area contributed by atoms with Crippen LogP contribution in [0.4, 0.5) is 4.39 Å². The Kier molecular flexibility index (Phi) is 4.07. The molecule has 3 aliphatic rings. The number of benzene rings is 2. The standard InChI is InChI=1S/C22H24ClFN2/c23-19-6-4-17(5-7-19)21-12-18-14-25(13-16-2-8-20(24)9-3-16)15-22(18)10-1-11-26(21)22/h2-9,18,21H,1,10-15H2/t18-,21-,22-/m1/s1. The molecule has 2 aromatic rings. The van der Waals surface area contributed by atoms with E-state index in [2.05, 4.69) is 21.9 Å². The molecule has 2 aromatic carbocycles. The molecule has 3 heterocycles. The van der Waals surface area contributed by atoms with Crippen LogP contribution in [0.25, 0.3) is 0 Å². The Balaban J connectivity index is 1.35. The van der Waals surface area contributed by atoms with Crippen molar-refractivity contribution in [3.05, 3.63) is 70.5 Å². The zero-order chi connectivity index (χ0) is 17.7. The van der Waals surface area contributed by atoms with Crippen molar-refractivity contribution in [2.45, 2.75) is 37.4 Å². The second-order valence-electron chi connectivity index (χ2n) is 8.20. The maximum absolute atomic E-state index is 13.2. The fourth-order valence-electron chi connectivity index (χ4n) is 5.72. The summed E-state index contributed by atoms with van der Waals surface area (Å²) < 4.78 is 13.2. The van der Waals surface area contributed by atoms with Gasteiger partial charge in [0.1, 0.15) is 5.82 Å². The van der Waals surface area contributed by atoms with E-state index in [1.807, 2.05) is 24.3 Å². The quantitative estimate of drug-likeness (QED) is 0.758. The molecule has 0 bridgehead atoms. The normalized spacial score (nSPS) is 31.3. The van der Waals surface area contributed by atoms with Crippen molar-refractivity contribution in [1.82, 2.24) is 9.80 Å². The summed E-state index contributed by atoms with van der Waals surface area (Å²) in [6.45, 7) is 4.42. The number of halogens is 2. The molecule has 0 aromatic heterocycles. The first-order chi connectivity index (χ1) is 12.6. The van der Waals surface area contributed by atoms with Crippen LogP contribution in [0.1, 0.15) is 36.4 Å². The summed E-state index contributed by atoms with van der Waals surface area (Å²) >= 11 is 6.09. The molecule has 2 nitrogen and oxygen atoms in total. The lowest BCUT2D eigenvalue weighted by atomic mass is 9.86. The number of hydrogen-bond acceptors (Lipinski definition) is 2. The van der Waals surface area contributed by atoms with E-state index in [9.17, 15) is 4.39 Å². The van der Waals surface area contributed by atoms with Gasteiger partial charge >= 0.3 is 0 Å². The zero-order valence-electron chi connectivity index (χ0n) is 14.9. The average molecular weight is 371 g/mol. The minimum atomic E-state index is -0.154. The molecule has 26 heavy (non-hydrogen) atoms. The van der Waals surface area contributed by atoms with E-state index in [0.717, 1.165) is 30.6 Å². The van der Waals surface area contributed by atoms with Crippen LogP contribution in [-0.4, -0.2) is 35.0 Å². The van der Waals surface area contributed by atoms with Gasteiger partial charge < -0.3 is 0 Å². The van der Waals surface area contributed by atoms with Crippen molar-refractivity contribution >= 4 is 11.6 Å². The topological polar surface area (TPSA) is 6.48 Å². The summed E-state index contributed by atoms with van der Waals surface area (Å²) in [5, 5.41) is 0.813. The molecule has 0 saturated carbocycles. The second-order valence-corrected chi connectivity index (χ2v) is 8.63. The highest BCUT2D eigenvalue weighted by Gasteiger charge is 2.59. The van der Waals surface area contributed by atoms with Crippen molar-refractivity contribution in [1.29, 1.82) is 0 Å². The van der Waals surface area contributed by atoms with Gasteiger partial charge in [0, 0.05) is 36.2 Å². The lowest BCUT2D eigenvalue weighted by molar-refractivity contribution is 0.131. The number of rotatable bonds is 3. The molecule has 136 valence electrons. The molecule has 3 atom stereocenters. The third-order valence-electron chi connectivity index (χ3n) is 6.77. The van der Waals surface area contributed by atoms with E-state index in [1.165, 1.54) is 36.9 Å². The van der Waals surface area contributed by atoms with Crippen LogP contribution in [0, 0.1) is 11.7 Å². The molecule has 0 radical (unpaired) electrons. The maximum atomic E-state index is 13.2. The van der Waals surface area contributed by atoms with Crippen LogP contribution in [0.15, 0.2) is 48.5 Å². The summed E-state index contributed by atoms with van der Waals surface area (Å²) in [5.74, 6) is 0.574. The van der Waals surface area contributed by atoms with Gasteiger partial charge in [-0.15, -0.1) is 0 Å². The van der Waals surface area contributed by atoms with E-state index >= 15 is 0 Å². The first kappa shape index (κ1) is 16.7. The van der Waals surface area contributed by atoms with Crippen LogP contribution in [-0.2, 0) is 6.54 Å². The van der Waals surface area contributed by atoms with Crippen molar-refractivity contribution in [3.8, 4) is 0 Å². The molecule has 3 fully saturated rings. The third-order valence-corrected chi connectivity index (χ3v) is 7.03. The van der Waals surface area contributed by atoms with Crippen LogP contribution >= 0.6 is 11.6 Å². The second kappa shape index (κ2) is 6.33. The van der Waals surface area contributed by atoms with Gasteiger partial charge in [0.05, 0.1) is 0 Å². The largest absolute Gasteiger partial charge is 0.297 e. The van der Waals surface area contributed by atoms with Gasteiger partial charge in [0.25, 0.3) is 0 Å². The minimum absolute atomic E-state index is 0.154. The van der Waals surface area contributed by atoms with Gasteiger partial charge in [-0.3, -0.25) is 9.80 Å². The number of likely N-dealkylation sites (tertiary alicyclic amines) is 1. The molecular formula is C22H24ClFN2. The molecule has 3 saturated heterocycles. The fraction of sp³-hybridized carbons (Fsp3) is 0.455. The lowest BCUT2D eigenvalue weighted by Gasteiger charge is -2.35. The summed E-state index contributed by atoms with van der Waals surface area (Å²) in [6.07, 6.45) is 3.84. The highest BCUT2D eigenvalue weighted by molar-refractivity contribution is 6.30. The van der Waals surface area contributed by atoms with Gasteiger partial charge in [-0.25, -0.2) is 4.39 Å². The molecule has 5 rings (SSSR count). The molecule has 0 unspecified atom stereocenters. The van der Waals surface area contributed by atoms with E-state index in [0.29, 0.717) is 11.6 Å². The maximum Gasteiger partial charge on any atom is 0.123 e. The van der Waals surface area contributed by atoms with Crippen molar-refractivity contribution in [2.75, 3.05) is 19.6 Å². The molecule has 3 aliphatic heterocycles. The Morgan fingerprint density at radius 3 is 2.62 bits per heavy atom. The monoisotopic (exact) mass is 370 g/mol. The highest BCUT2D eigenvalue weighted by Crippen LogP contribution is 2.55. The first-order valence-electron chi connectivity index (χ1n) is 9.63. The molecular weight excluding hydrogens is 347 g/mol. The molecule has 0 N–H and O–H groups in total. The summed E-state index contributed by atoms with van der Waals surface area (Å²) in [7, 11) is 0. The van der Waals surface area contributed by atoms with E-state index in [-0.39, 0.29) is 5.82 Å². The van der Waals surface area contributed by atoms with E-state index in [1.54, 1.807) is 12.1 Å². The molecule has 0 amide bonds. The van der Waals surface area contributed by atoms with Crippen molar-refractivity contribution < 1.29 is 4.39 Å². The first-order valence-corrected chi connectivity index (χ1v) is 10.0. The van der Waals surface area contributed by atoms with Gasteiger partial charge in [-0.05, 0) is 67.1 Å². The van der Waals surface area contributed by atoms with Gasteiger partial charge in [0.2, 0.25) is 0 Å². The summed E-state index contributed by atoms with van der Waals surface area (Å²) in [6, 6.07) is 16.0. The van der Waals surface area contributed by atoms with Crippen LogP contribution in [0.5, 0.6) is 0 Å². The van der Waals surface area contributed by atoms with E-state index < -0.39 is 0 Å². The smallest absolute Gasteiger partial charge is 0.123 e.